The van der Waals surface area contributed by atoms with Crippen LogP contribution < -0.4 is 0 Å². The molecule has 0 bridgehead atoms. The lowest BCUT2D eigenvalue weighted by molar-refractivity contribution is 0.0350. The van der Waals surface area contributed by atoms with Crippen molar-refractivity contribution in [1.29, 1.82) is 0 Å². The Labute approximate surface area is 202 Å². The molecule has 1 fully saturated rings. The predicted molar refractivity (Wildman–Crippen MR) is 129 cm³/mol. The van der Waals surface area contributed by atoms with Gasteiger partial charge in [0.1, 0.15) is 0 Å². The fraction of sp³-hybridized carbons (Fsp3) is 0.296. The van der Waals surface area contributed by atoms with E-state index in [1.807, 2.05) is 33.9 Å². The summed E-state index contributed by atoms with van der Waals surface area (Å²) in [6.45, 7) is 1.37. The van der Waals surface area contributed by atoms with Crippen LogP contribution in [0.4, 0.5) is 4.39 Å². The third-order valence-corrected chi connectivity index (χ3v) is 6.85. The number of amides is 3. The summed E-state index contributed by atoms with van der Waals surface area (Å²) in [5.74, 6) is -0.843. The van der Waals surface area contributed by atoms with Gasteiger partial charge in [-0.25, -0.2) is 4.39 Å². The summed E-state index contributed by atoms with van der Waals surface area (Å²) in [5.41, 5.74) is 2.41. The van der Waals surface area contributed by atoms with Gasteiger partial charge in [0.2, 0.25) is 0 Å². The van der Waals surface area contributed by atoms with Gasteiger partial charge in [-0.15, -0.1) is 0 Å². The number of fused-ring (bicyclic) bond motifs is 2. The van der Waals surface area contributed by atoms with Crippen LogP contribution in [-0.4, -0.2) is 64.9 Å². The number of rotatable bonds is 6. The molecule has 5 rings (SSSR count). The first-order valence-electron chi connectivity index (χ1n) is 11.6. The van der Waals surface area contributed by atoms with Gasteiger partial charge in [0, 0.05) is 49.4 Å². The molecule has 3 aromatic rings. The number of aromatic nitrogens is 1. The van der Waals surface area contributed by atoms with E-state index in [2.05, 4.69) is 0 Å². The van der Waals surface area contributed by atoms with E-state index in [0.29, 0.717) is 36.1 Å². The maximum atomic E-state index is 13.8. The van der Waals surface area contributed by atoms with Gasteiger partial charge in [0.05, 0.1) is 30.1 Å². The van der Waals surface area contributed by atoms with E-state index in [4.69, 9.17) is 4.74 Å². The molecule has 8 heteroatoms. The number of nitrogens with zero attached hydrogens (tertiary/aromatic N) is 3. The quantitative estimate of drug-likeness (QED) is 0.505. The Kier molecular flexibility index (Phi) is 6.21. The second kappa shape index (κ2) is 9.46. The molecule has 1 aromatic heterocycles. The zero-order valence-corrected chi connectivity index (χ0v) is 19.4. The molecule has 0 aliphatic carbocycles. The first-order chi connectivity index (χ1) is 17.0. The fourth-order valence-electron chi connectivity index (χ4n) is 4.87. The van der Waals surface area contributed by atoms with Crippen molar-refractivity contribution in [3.63, 3.8) is 0 Å². The van der Waals surface area contributed by atoms with E-state index in [9.17, 15) is 18.8 Å². The second-order valence-corrected chi connectivity index (χ2v) is 8.95. The zero-order chi connectivity index (χ0) is 24.5. The normalized spacial score (nSPS) is 16.9. The fourth-order valence-corrected chi connectivity index (χ4v) is 4.87. The van der Waals surface area contributed by atoms with Crippen LogP contribution in [0.25, 0.3) is 10.9 Å². The monoisotopic (exact) mass is 475 g/mol. The van der Waals surface area contributed by atoms with Gasteiger partial charge in [-0.05, 0) is 54.8 Å². The van der Waals surface area contributed by atoms with Gasteiger partial charge in [-0.2, -0.15) is 0 Å². The van der Waals surface area contributed by atoms with Crippen molar-refractivity contribution in [2.75, 3.05) is 26.7 Å². The van der Waals surface area contributed by atoms with Gasteiger partial charge in [0.15, 0.2) is 0 Å². The molecule has 0 saturated carbocycles. The Morgan fingerprint density at radius 1 is 1.03 bits per heavy atom. The SMILES string of the molecule is COC1CCN(C(=O)c2ccc3c(ccn3CC(=CF)CN3C(=O)c4ccccc4C3=O)c2)CC1. The largest absolute Gasteiger partial charge is 0.381 e. The molecule has 0 radical (unpaired) electrons. The number of carbonyl (C=O) groups is 3. The molecular weight excluding hydrogens is 449 g/mol. The summed E-state index contributed by atoms with van der Waals surface area (Å²) >= 11 is 0. The third-order valence-electron chi connectivity index (χ3n) is 6.85. The molecular formula is C27H26FN3O4. The van der Waals surface area contributed by atoms with Gasteiger partial charge < -0.3 is 14.2 Å². The number of hydrogen-bond acceptors (Lipinski definition) is 4. The number of likely N-dealkylation sites (tertiary alicyclic amines) is 1. The predicted octanol–water partition coefficient (Wildman–Crippen LogP) is 4.04. The summed E-state index contributed by atoms with van der Waals surface area (Å²) in [7, 11) is 1.70. The van der Waals surface area contributed by atoms with Crippen LogP contribution in [0.3, 0.4) is 0 Å². The molecule has 3 heterocycles. The lowest BCUT2D eigenvalue weighted by Gasteiger charge is -2.31. The van der Waals surface area contributed by atoms with Crippen LogP contribution in [0.5, 0.6) is 0 Å². The average Bonchev–Trinajstić information content (AvgIpc) is 3.41. The highest BCUT2D eigenvalue weighted by molar-refractivity contribution is 6.21. The number of imide groups is 1. The van der Waals surface area contributed by atoms with E-state index in [1.54, 1.807) is 37.4 Å². The molecule has 7 nitrogen and oxygen atoms in total. The second-order valence-electron chi connectivity index (χ2n) is 8.95. The number of ether oxygens (including phenoxy) is 1. The average molecular weight is 476 g/mol. The van der Waals surface area contributed by atoms with Crippen LogP contribution in [0.2, 0.25) is 0 Å². The Hall–Kier alpha value is -3.78. The standard InChI is InChI=1S/C27H26FN3O4/c1-35-21-9-12-29(13-10-21)25(32)20-6-7-24-19(14-20)8-11-30(24)16-18(15-28)17-31-26(33)22-4-2-3-5-23(22)27(31)34/h2-8,11,14-15,21H,9-10,12-13,16-17H2,1H3. The van der Waals surface area contributed by atoms with Gasteiger partial charge in [0.25, 0.3) is 17.7 Å². The van der Waals surface area contributed by atoms with Crippen LogP contribution in [0.15, 0.2) is 66.6 Å². The molecule has 1 saturated heterocycles. The lowest BCUT2D eigenvalue weighted by atomic mass is 10.1. The topological polar surface area (TPSA) is 71.8 Å². The highest BCUT2D eigenvalue weighted by Crippen LogP contribution is 2.25. The van der Waals surface area contributed by atoms with Crippen molar-refractivity contribution in [3.8, 4) is 0 Å². The van der Waals surface area contributed by atoms with Crippen LogP contribution in [-0.2, 0) is 11.3 Å². The first-order valence-corrected chi connectivity index (χ1v) is 11.6. The summed E-state index contributed by atoms with van der Waals surface area (Å²) in [4.78, 5) is 41.2. The minimum atomic E-state index is -0.417. The minimum absolute atomic E-state index is 0.0100. The van der Waals surface area contributed by atoms with E-state index in [-0.39, 0.29) is 30.7 Å². The van der Waals surface area contributed by atoms with Crippen molar-refractivity contribution < 1.29 is 23.5 Å². The Bertz CT molecular complexity index is 1300. The number of benzene rings is 2. The molecule has 0 unspecified atom stereocenters. The minimum Gasteiger partial charge on any atom is -0.381 e. The van der Waals surface area contributed by atoms with Crippen LogP contribution in [0, 0.1) is 0 Å². The number of carbonyl (C=O) groups excluding carboxylic acids is 3. The maximum absolute atomic E-state index is 13.8. The summed E-state index contributed by atoms with van der Waals surface area (Å²) in [5, 5.41) is 0.863. The Morgan fingerprint density at radius 2 is 1.71 bits per heavy atom. The highest BCUT2D eigenvalue weighted by Gasteiger charge is 2.35. The molecule has 180 valence electrons. The smallest absolute Gasteiger partial charge is 0.261 e. The van der Waals surface area contributed by atoms with Crippen molar-refractivity contribution >= 4 is 28.6 Å². The van der Waals surface area contributed by atoms with E-state index < -0.39 is 11.8 Å². The summed E-state index contributed by atoms with van der Waals surface area (Å²) in [6, 6.07) is 14.0. The van der Waals surface area contributed by atoms with Crippen molar-refractivity contribution in [2.45, 2.75) is 25.5 Å². The molecule has 0 atom stereocenters. The number of halogens is 1. The molecule has 3 amide bonds. The van der Waals surface area contributed by atoms with E-state index in [0.717, 1.165) is 28.6 Å². The number of methoxy groups -OCH3 is 1. The maximum Gasteiger partial charge on any atom is 0.261 e. The van der Waals surface area contributed by atoms with Crippen molar-refractivity contribution in [3.05, 3.63) is 83.3 Å². The molecule has 0 N–H and O–H groups in total. The third kappa shape index (κ3) is 4.25. The van der Waals surface area contributed by atoms with Crippen LogP contribution in [0.1, 0.15) is 43.9 Å². The molecule has 2 aliphatic heterocycles. The number of hydrogen-bond donors (Lipinski definition) is 0. The molecule has 35 heavy (non-hydrogen) atoms. The molecule has 0 spiro atoms. The summed E-state index contributed by atoms with van der Waals surface area (Å²) < 4.78 is 21.1. The number of piperidine rings is 1. The Balaban J connectivity index is 1.29. The van der Waals surface area contributed by atoms with E-state index in [1.165, 1.54) is 0 Å². The molecule has 2 aromatic carbocycles. The van der Waals surface area contributed by atoms with Gasteiger partial charge >= 0.3 is 0 Å². The van der Waals surface area contributed by atoms with Gasteiger partial charge in [-0.3, -0.25) is 19.3 Å². The summed E-state index contributed by atoms with van der Waals surface area (Å²) in [6.07, 6.45) is 4.12. The highest BCUT2D eigenvalue weighted by atomic mass is 19.1. The Morgan fingerprint density at radius 3 is 2.34 bits per heavy atom. The zero-order valence-electron chi connectivity index (χ0n) is 19.4. The van der Waals surface area contributed by atoms with Crippen molar-refractivity contribution in [2.24, 2.45) is 0 Å². The first kappa shape index (κ1) is 23.0. The van der Waals surface area contributed by atoms with Crippen LogP contribution >= 0.6 is 0 Å². The van der Waals surface area contributed by atoms with E-state index >= 15 is 0 Å². The lowest BCUT2D eigenvalue weighted by Crippen LogP contribution is -2.40. The van der Waals surface area contributed by atoms with Crippen molar-refractivity contribution in [1.82, 2.24) is 14.4 Å². The van der Waals surface area contributed by atoms with Gasteiger partial charge in [-0.1, -0.05) is 12.1 Å². The molecule has 2 aliphatic rings.